The Kier molecular flexibility index (Phi) is 3.81. The van der Waals surface area contributed by atoms with Crippen molar-refractivity contribution in [3.63, 3.8) is 0 Å². The minimum Gasteiger partial charge on any atom is -0.383 e. The quantitative estimate of drug-likeness (QED) is 0.815. The van der Waals surface area contributed by atoms with Crippen molar-refractivity contribution >= 4 is 21.6 Å². The van der Waals surface area contributed by atoms with E-state index in [-0.39, 0.29) is 0 Å². The smallest absolute Gasteiger partial charge is 0.101 e. The predicted octanol–water partition coefficient (Wildman–Crippen LogP) is 2.48. The lowest BCUT2D eigenvalue weighted by Gasteiger charge is -2.08. The Hall–Kier alpha value is -1.05. The zero-order valence-electron chi connectivity index (χ0n) is 8.96. The number of halogens is 1. The van der Waals surface area contributed by atoms with Crippen molar-refractivity contribution in [3.8, 4) is 6.07 Å². The van der Waals surface area contributed by atoms with Crippen LogP contribution in [0.2, 0.25) is 0 Å². The second-order valence-electron chi connectivity index (χ2n) is 3.96. The summed E-state index contributed by atoms with van der Waals surface area (Å²) in [6, 6.07) is 8.63. The number of anilines is 1. The maximum Gasteiger partial charge on any atom is 0.101 e. The van der Waals surface area contributed by atoms with Gasteiger partial charge >= 0.3 is 0 Å². The SMILES string of the molecule is N#Cc1cc(Br)ccc1NCCNC1CC1. The van der Waals surface area contributed by atoms with Crippen LogP contribution >= 0.6 is 15.9 Å². The molecule has 0 unspecified atom stereocenters. The summed E-state index contributed by atoms with van der Waals surface area (Å²) in [5.41, 5.74) is 1.59. The van der Waals surface area contributed by atoms with Crippen molar-refractivity contribution in [3.05, 3.63) is 28.2 Å². The highest BCUT2D eigenvalue weighted by atomic mass is 79.9. The lowest BCUT2D eigenvalue weighted by atomic mass is 10.2. The Morgan fingerprint density at radius 3 is 2.88 bits per heavy atom. The average Bonchev–Trinajstić information content (AvgIpc) is 3.09. The van der Waals surface area contributed by atoms with E-state index in [0.29, 0.717) is 5.56 Å². The van der Waals surface area contributed by atoms with Crippen LogP contribution in [-0.4, -0.2) is 19.1 Å². The molecule has 1 aromatic carbocycles. The number of nitrogens with one attached hydrogen (secondary N) is 2. The van der Waals surface area contributed by atoms with E-state index in [1.165, 1.54) is 12.8 Å². The topological polar surface area (TPSA) is 47.9 Å². The Morgan fingerprint density at radius 2 is 2.19 bits per heavy atom. The van der Waals surface area contributed by atoms with Crippen molar-refractivity contribution in [1.29, 1.82) is 5.26 Å². The molecule has 0 aromatic heterocycles. The highest BCUT2D eigenvalue weighted by Crippen LogP contribution is 2.20. The molecule has 1 aliphatic carbocycles. The number of hydrogen-bond donors (Lipinski definition) is 2. The monoisotopic (exact) mass is 279 g/mol. The van der Waals surface area contributed by atoms with E-state index in [1.807, 2.05) is 18.2 Å². The summed E-state index contributed by atoms with van der Waals surface area (Å²) in [5, 5.41) is 15.7. The molecule has 1 saturated carbocycles. The van der Waals surface area contributed by atoms with Gasteiger partial charge in [-0.3, -0.25) is 0 Å². The fourth-order valence-electron chi connectivity index (χ4n) is 1.52. The summed E-state index contributed by atoms with van der Waals surface area (Å²) < 4.78 is 0.936. The third-order valence-corrected chi connectivity index (χ3v) is 3.05. The molecule has 0 spiro atoms. The molecular weight excluding hydrogens is 266 g/mol. The summed E-state index contributed by atoms with van der Waals surface area (Å²) in [4.78, 5) is 0. The van der Waals surface area contributed by atoms with Gasteiger partial charge in [0.1, 0.15) is 6.07 Å². The molecule has 0 saturated heterocycles. The number of benzene rings is 1. The Morgan fingerprint density at radius 1 is 1.38 bits per heavy atom. The fraction of sp³-hybridized carbons (Fsp3) is 0.417. The van der Waals surface area contributed by atoms with Gasteiger partial charge in [-0.05, 0) is 31.0 Å². The van der Waals surface area contributed by atoms with Gasteiger partial charge < -0.3 is 10.6 Å². The van der Waals surface area contributed by atoms with Crippen molar-refractivity contribution in [2.24, 2.45) is 0 Å². The molecule has 1 fully saturated rings. The first-order valence-corrected chi connectivity index (χ1v) is 6.26. The molecule has 84 valence electrons. The van der Waals surface area contributed by atoms with E-state index < -0.39 is 0 Å². The van der Waals surface area contributed by atoms with Crippen molar-refractivity contribution in [1.82, 2.24) is 5.32 Å². The molecule has 0 heterocycles. The van der Waals surface area contributed by atoms with Gasteiger partial charge in [0.05, 0.1) is 11.3 Å². The van der Waals surface area contributed by atoms with E-state index in [0.717, 1.165) is 29.3 Å². The summed E-state index contributed by atoms with van der Waals surface area (Å²) in [5.74, 6) is 0. The second-order valence-corrected chi connectivity index (χ2v) is 4.87. The molecule has 0 aliphatic heterocycles. The standard InChI is InChI=1S/C12H14BrN3/c13-10-1-4-12(9(7-10)8-14)16-6-5-15-11-2-3-11/h1,4,7,11,15-16H,2-3,5-6H2. The molecule has 1 aliphatic rings. The Labute approximate surface area is 104 Å². The first kappa shape index (κ1) is 11.4. The summed E-state index contributed by atoms with van der Waals surface area (Å²) >= 11 is 3.36. The third kappa shape index (κ3) is 3.22. The van der Waals surface area contributed by atoms with Gasteiger partial charge in [-0.2, -0.15) is 5.26 Å². The average molecular weight is 280 g/mol. The van der Waals surface area contributed by atoms with E-state index in [1.54, 1.807) is 0 Å². The summed E-state index contributed by atoms with van der Waals surface area (Å²) in [7, 11) is 0. The van der Waals surface area contributed by atoms with Crippen LogP contribution in [-0.2, 0) is 0 Å². The zero-order valence-corrected chi connectivity index (χ0v) is 10.5. The molecule has 2 N–H and O–H groups in total. The molecule has 0 bridgehead atoms. The minimum atomic E-state index is 0.681. The van der Waals surface area contributed by atoms with Gasteiger partial charge in [-0.15, -0.1) is 0 Å². The number of nitrogens with zero attached hydrogens (tertiary/aromatic N) is 1. The highest BCUT2D eigenvalue weighted by Gasteiger charge is 2.19. The van der Waals surface area contributed by atoms with Gasteiger partial charge in [-0.25, -0.2) is 0 Å². The van der Waals surface area contributed by atoms with E-state index in [2.05, 4.69) is 32.6 Å². The molecule has 0 atom stereocenters. The van der Waals surface area contributed by atoms with Crippen molar-refractivity contribution in [2.75, 3.05) is 18.4 Å². The maximum atomic E-state index is 8.97. The van der Waals surface area contributed by atoms with Crippen LogP contribution in [0.25, 0.3) is 0 Å². The van der Waals surface area contributed by atoms with Gasteiger partial charge in [0.2, 0.25) is 0 Å². The fourth-order valence-corrected chi connectivity index (χ4v) is 1.89. The lowest BCUT2D eigenvalue weighted by Crippen LogP contribution is -2.24. The van der Waals surface area contributed by atoms with Crippen LogP contribution in [0.4, 0.5) is 5.69 Å². The predicted molar refractivity (Wildman–Crippen MR) is 68.4 cm³/mol. The van der Waals surface area contributed by atoms with E-state index >= 15 is 0 Å². The summed E-state index contributed by atoms with van der Waals surface area (Å²) in [6.45, 7) is 1.80. The van der Waals surface area contributed by atoms with Crippen molar-refractivity contribution in [2.45, 2.75) is 18.9 Å². The van der Waals surface area contributed by atoms with Crippen LogP contribution < -0.4 is 10.6 Å². The number of nitriles is 1. The number of rotatable bonds is 5. The van der Waals surface area contributed by atoms with Crippen LogP contribution in [0.3, 0.4) is 0 Å². The normalized spacial score (nSPS) is 14.5. The van der Waals surface area contributed by atoms with Gasteiger partial charge in [0, 0.05) is 23.6 Å². The Balaban J connectivity index is 1.85. The van der Waals surface area contributed by atoms with E-state index in [4.69, 9.17) is 5.26 Å². The molecule has 3 nitrogen and oxygen atoms in total. The van der Waals surface area contributed by atoms with Gasteiger partial charge in [-0.1, -0.05) is 15.9 Å². The first-order chi connectivity index (χ1) is 7.79. The maximum absolute atomic E-state index is 8.97. The van der Waals surface area contributed by atoms with Gasteiger partial charge in [0.25, 0.3) is 0 Å². The zero-order chi connectivity index (χ0) is 11.4. The van der Waals surface area contributed by atoms with Crippen LogP contribution in [0, 0.1) is 11.3 Å². The molecule has 4 heteroatoms. The number of hydrogen-bond acceptors (Lipinski definition) is 3. The highest BCUT2D eigenvalue weighted by molar-refractivity contribution is 9.10. The second kappa shape index (κ2) is 5.33. The minimum absolute atomic E-state index is 0.681. The molecule has 0 radical (unpaired) electrons. The summed E-state index contributed by atoms with van der Waals surface area (Å²) in [6.07, 6.45) is 2.61. The molecule has 0 amide bonds. The van der Waals surface area contributed by atoms with Crippen LogP contribution in [0.5, 0.6) is 0 Å². The molecule has 16 heavy (non-hydrogen) atoms. The van der Waals surface area contributed by atoms with Gasteiger partial charge in [0.15, 0.2) is 0 Å². The molecule has 2 rings (SSSR count). The first-order valence-electron chi connectivity index (χ1n) is 5.46. The van der Waals surface area contributed by atoms with E-state index in [9.17, 15) is 0 Å². The largest absolute Gasteiger partial charge is 0.383 e. The lowest BCUT2D eigenvalue weighted by molar-refractivity contribution is 0.701. The Bertz CT molecular complexity index is 407. The third-order valence-electron chi connectivity index (χ3n) is 2.55. The van der Waals surface area contributed by atoms with Crippen molar-refractivity contribution < 1.29 is 0 Å². The molecular formula is C12H14BrN3. The molecule has 1 aromatic rings. The van der Waals surface area contributed by atoms with Crippen LogP contribution in [0.15, 0.2) is 22.7 Å². The van der Waals surface area contributed by atoms with Crippen LogP contribution in [0.1, 0.15) is 18.4 Å².